The molecule has 0 spiro atoms. The van der Waals surface area contributed by atoms with Crippen molar-refractivity contribution >= 4 is 0 Å². The van der Waals surface area contributed by atoms with Crippen LogP contribution in [0.4, 0.5) is 0 Å². The van der Waals surface area contributed by atoms with E-state index in [0.717, 1.165) is 5.69 Å². The summed E-state index contributed by atoms with van der Waals surface area (Å²) < 4.78 is 8.72. The van der Waals surface area contributed by atoms with Gasteiger partial charge < -0.3 is 9.30 Å². The molecule has 0 aliphatic heterocycles. The third-order valence-electron chi connectivity index (χ3n) is 2.94. The van der Waals surface area contributed by atoms with Crippen molar-refractivity contribution in [1.82, 2.24) is 24.5 Å². The van der Waals surface area contributed by atoms with Gasteiger partial charge in [0.25, 0.3) is 5.88 Å². The fraction of sp³-hybridized carbons (Fsp3) is 0.143. The Hall–Kier alpha value is -2.96. The number of nitrogens with zero attached hydrogens (tertiary/aromatic N) is 5. The molecule has 0 radical (unpaired) electrons. The molecule has 106 valence electrons. The number of aryl methyl sites for hydroxylation is 1. The van der Waals surface area contributed by atoms with Gasteiger partial charge in [-0.3, -0.25) is 4.79 Å². The molecule has 3 rings (SSSR count). The van der Waals surface area contributed by atoms with Gasteiger partial charge in [-0.25, -0.2) is 9.67 Å². The molecule has 1 aromatic carbocycles. The molecule has 7 nitrogen and oxygen atoms in total. The van der Waals surface area contributed by atoms with Gasteiger partial charge in [0.05, 0.1) is 18.1 Å². The zero-order valence-corrected chi connectivity index (χ0v) is 11.4. The molecule has 0 saturated heterocycles. The molecule has 3 aromatic rings. The summed E-state index contributed by atoms with van der Waals surface area (Å²) in [5.41, 5.74) is 0.530. The summed E-state index contributed by atoms with van der Waals surface area (Å²) in [6.07, 6.45) is 6.48. The van der Waals surface area contributed by atoms with Gasteiger partial charge in [-0.1, -0.05) is 11.3 Å². The van der Waals surface area contributed by atoms with Crippen LogP contribution in [-0.2, 0) is 6.54 Å². The number of hydrogen-bond donors (Lipinski definition) is 0. The van der Waals surface area contributed by atoms with Gasteiger partial charge >= 0.3 is 5.56 Å². The van der Waals surface area contributed by atoms with Crippen LogP contribution in [0.15, 0.2) is 53.8 Å². The fourth-order valence-electron chi connectivity index (χ4n) is 1.89. The minimum Gasteiger partial charge on any atom is -0.435 e. The topological polar surface area (TPSA) is 74.8 Å². The highest BCUT2D eigenvalue weighted by Crippen LogP contribution is 2.19. The largest absolute Gasteiger partial charge is 0.435 e. The summed E-state index contributed by atoms with van der Waals surface area (Å²) in [4.78, 5) is 16.1. The second-order valence-electron chi connectivity index (χ2n) is 4.27. The average Bonchev–Trinajstić information content (AvgIpc) is 3.04. The van der Waals surface area contributed by atoms with Crippen LogP contribution in [0.3, 0.4) is 0 Å². The summed E-state index contributed by atoms with van der Waals surface area (Å²) in [5, 5.41) is 7.66. The maximum atomic E-state index is 12.1. The Labute approximate surface area is 120 Å². The van der Waals surface area contributed by atoms with Crippen molar-refractivity contribution in [2.75, 3.05) is 0 Å². The van der Waals surface area contributed by atoms with E-state index in [4.69, 9.17) is 4.74 Å². The maximum Gasteiger partial charge on any atom is 0.313 e. The third-order valence-corrected chi connectivity index (χ3v) is 2.94. The molecule has 0 unspecified atom stereocenters. The van der Waals surface area contributed by atoms with E-state index in [2.05, 4.69) is 15.3 Å². The highest BCUT2D eigenvalue weighted by atomic mass is 16.5. The van der Waals surface area contributed by atoms with Crippen molar-refractivity contribution in [2.24, 2.45) is 0 Å². The van der Waals surface area contributed by atoms with E-state index >= 15 is 0 Å². The van der Waals surface area contributed by atoms with Crippen LogP contribution in [0.1, 0.15) is 6.92 Å². The molecule has 0 fully saturated rings. The minimum atomic E-state index is -0.258. The number of hydrogen-bond acceptors (Lipinski definition) is 5. The van der Waals surface area contributed by atoms with E-state index in [1.54, 1.807) is 41.6 Å². The van der Waals surface area contributed by atoms with E-state index in [1.807, 2.05) is 19.1 Å². The normalized spacial score (nSPS) is 10.5. The van der Waals surface area contributed by atoms with Crippen LogP contribution in [0.25, 0.3) is 5.69 Å². The van der Waals surface area contributed by atoms with E-state index in [9.17, 15) is 4.79 Å². The molecule has 0 aliphatic rings. The van der Waals surface area contributed by atoms with E-state index in [1.165, 1.54) is 4.57 Å². The lowest BCUT2D eigenvalue weighted by atomic mass is 10.3. The van der Waals surface area contributed by atoms with Gasteiger partial charge in [-0.05, 0) is 19.1 Å². The Morgan fingerprint density at radius 2 is 2.14 bits per heavy atom. The lowest BCUT2D eigenvalue weighted by molar-refractivity contribution is 0.445. The Morgan fingerprint density at radius 1 is 1.24 bits per heavy atom. The second-order valence-corrected chi connectivity index (χ2v) is 4.27. The first kappa shape index (κ1) is 13.0. The molecule has 7 heteroatoms. The van der Waals surface area contributed by atoms with Crippen LogP contribution < -0.4 is 10.3 Å². The first-order valence-corrected chi connectivity index (χ1v) is 6.48. The molecule has 0 N–H and O–H groups in total. The Balaban J connectivity index is 1.92. The molecule has 2 heterocycles. The zero-order chi connectivity index (χ0) is 14.7. The van der Waals surface area contributed by atoms with Crippen LogP contribution in [-0.4, -0.2) is 24.5 Å². The molecule has 0 amide bonds. The smallest absolute Gasteiger partial charge is 0.313 e. The highest BCUT2D eigenvalue weighted by molar-refractivity contribution is 5.39. The Kier molecular flexibility index (Phi) is 3.46. The molecular formula is C14H13N5O2. The summed E-state index contributed by atoms with van der Waals surface area (Å²) in [6, 6.07) is 7.20. The van der Waals surface area contributed by atoms with E-state index in [0.29, 0.717) is 12.3 Å². The first-order valence-electron chi connectivity index (χ1n) is 6.48. The predicted octanol–water partition coefficient (Wildman–Crippen LogP) is 1.64. The van der Waals surface area contributed by atoms with Gasteiger partial charge in [0.2, 0.25) is 0 Å². The molecule has 2 aromatic heterocycles. The lowest BCUT2D eigenvalue weighted by Gasteiger charge is -2.07. The van der Waals surface area contributed by atoms with Crippen LogP contribution in [0, 0.1) is 0 Å². The van der Waals surface area contributed by atoms with Gasteiger partial charge in [-0.15, -0.1) is 5.10 Å². The van der Waals surface area contributed by atoms with Gasteiger partial charge in [0.1, 0.15) is 5.75 Å². The van der Waals surface area contributed by atoms with E-state index < -0.39 is 0 Å². The Morgan fingerprint density at radius 3 is 2.90 bits per heavy atom. The van der Waals surface area contributed by atoms with Crippen molar-refractivity contribution in [3.05, 3.63) is 59.4 Å². The van der Waals surface area contributed by atoms with Gasteiger partial charge in [-0.2, -0.15) is 0 Å². The first-order chi connectivity index (χ1) is 10.3. The predicted molar refractivity (Wildman–Crippen MR) is 75.6 cm³/mol. The maximum absolute atomic E-state index is 12.1. The number of ether oxygens (including phenoxy) is 1. The summed E-state index contributed by atoms with van der Waals surface area (Å²) in [6.45, 7) is 2.45. The highest BCUT2D eigenvalue weighted by Gasteiger charge is 2.07. The summed E-state index contributed by atoms with van der Waals surface area (Å²) in [5.74, 6) is 0.566. The lowest BCUT2D eigenvalue weighted by Crippen LogP contribution is -2.20. The SMILES string of the molecule is CCn1ccnc(Oc2cccc(-n3ccnn3)c2)c1=O. The van der Waals surface area contributed by atoms with Crippen molar-refractivity contribution in [2.45, 2.75) is 13.5 Å². The van der Waals surface area contributed by atoms with Crippen LogP contribution in [0.2, 0.25) is 0 Å². The molecule has 0 atom stereocenters. The Bertz CT molecular complexity index is 795. The molecule has 21 heavy (non-hydrogen) atoms. The number of rotatable bonds is 4. The molecular weight excluding hydrogens is 270 g/mol. The van der Waals surface area contributed by atoms with Crippen molar-refractivity contribution in [1.29, 1.82) is 0 Å². The van der Waals surface area contributed by atoms with E-state index in [-0.39, 0.29) is 11.4 Å². The number of benzene rings is 1. The minimum absolute atomic E-state index is 0.0510. The van der Waals surface area contributed by atoms with Crippen LogP contribution in [0.5, 0.6) is 11.6 Å². The van der Waals surface area contributed by atoms with Gasteiger partial charge in [0, 0.05) is 25.0 Å². The summed E-state index contributed by atoms with van der Waals surface area (Å²) >= 11 is 0. The monoisotopic (exact) mass is 283 g/mol. The van der Waals surface area contributed by atoms with Gasteiger partial charge in [0.15, 0.2) is 0 Å². The molecule has 0 aliphatic carbocycles. The molecule has 0 saturated carbocycles. The average molecular weight is 283 g/mol. The van der Waals surface area contributed by atoms with Crippen molar-refractivity contribution in [3.63, 3.8) is 0 Å². The number of aromatic nitrogens is 5. The zero-order valence-electron chi connectivity index (χ0n) is 11.4. The molecule has 0 bridgehead atoms. The van der Waals surface area contributed by atoms with Crippen molar-refractivity contribution in [3.8, 4) is 17.3 Å². The standard InChI is InChI=1S/C14H13N5O2/c1-2-18-8-6-15-13(14(18)20)21-12-5-3-4-11(10-12)19-9-7-16-17-19/h3-10H,2H2,1H3. The summed E-state index contributed by atoms with van der Waals surface area (Å²) in [7, 11) is 0. The second kappa shape index (κ2) is 5.58. The van der Waals surface area contributed by atoms with Crippen molar-refractivity contribution < 1.29 is 4.74 Å². The van der Waals surface area contributed by atoms with Crippen LogP contribution >= 0.6 is 0 Å². The fourth-order valence-corrected chi connectivity index (χ4v) is 1.89. The quantitative estimate of drug-likeness (QED) is 0.727. The third kappa shape index (κ3) is 2.66.